The van der Waals surface area contributed by atoms with Crippen molar-refractivity contribution in [3.05, 3.63) is 46.5 Å². The lowest BCUT2D eigenvalue weighted by atomic mass is 10.1. The summed E-state index contributed by atoms with van der Waals surface area (Å²) in [5.41, 5.74) is 1.36. The molecular weight excluding hydrogens is 278 g/mol. The smallest absolute Gasteiger partial charge is 0.0621 e. The van der Waals surface area contributed by atoms with Crippen molar-refractivity contribution in [2.24, 2.45) is 0 Å². The number of nitrogens with zero attached hydrogens (tertiary/aromatic N) is 1. The molecule has 1 aliphatic heterocycles. The molecule has 1 aromatic rings. The van der Waals surface area contributed by atoms with Gasteiger partial charge in [-0.2, -0.15) is 0 Å². The van der Waals surface area contributed by atoms with Crippen LogP contribution in [0.5, 0.6) is 0 Å². The summed E-state index contributed by atoms with van der Waals surface area (Å²) in [6.45, 7) is 2.75. The van der Waals surface area contributed by atoms with E-state index in [1.165, 1.54) is 10.0 Å². The molecule has 0 bridgehead atoms. The number of rotatable bonds is 4. The second-order valence-corrected chi connectivity index (χ2v) is 5.41. The zero-order valence-electron chi connectivity index (χ0n) is 10.1. The molecule has 17 heavy (non-hydrogen) atoms. The van der Waals surface area contributed by atoms with Gasteiger partial charge in [0.25, 0.3) is 0 Å². The number of halogens is 1. The first-order chi connectivity index (χ1) is 8.29. The van der Waals surface area contributed by atoms with Crippen LogP contribution in [-0.4, -0.2) is 31.2 Å². The van der Waals surface area contributed by atoms with E-state index in [4.69, 9.17) is 4.74 Å². The average Bonchev–Trinajstić information content (AvgIpc) is 2.34. The Kier molecular flexibility index (Phi) is 4.77. The lowest BCUT2D eigenvalue weighted by molar-refractivity contribution is 0.0891. The predicted octanol–water partition coefficient (Wildman–Crippen LogP) is 3.19. The third-order valence-corrected chi connectivity index (χ3v) is 3.64. The van der Waals surface area contributed by atoms with Gasteiger partial charge in [-0.15, -0.1) is 0 Å². The maximum atomic E-state index is 5.30. The number of benzene rings is 1. The monoisotopic (exact) mass is 295 g/mol. The Balaban J connectivity index is 2.04. The highest BCUT2D eigenvalue weighted by Gasteiger charge is 2.22. The van der Waals surface area contributed by atoms with Crippen molar-refractivity contribution in [3.8, 4) is 0 Å². The average molecular weight is 296 g/mol. The molecule has 0 amide bonds. The molecule has 0 spiro atoms. The fraction of sp³-hybridized carbons (Fsp3) is 0.429. The Morgan fingerprint density at radius 2 is 2.12 bits per heavy atom. The van der Waals surface area contributed by atoms with Crippen LogP contribution in [0.3, 0.4) is 0 Å². The van der Waals surface area contributed by atoms with Gasteiger partial charge in [0.05, 0.1) is 6.61 Å². The maximum absolute atomic E-state index is 5.30. The molecule has 0 aliphatic carbocycles. The van der Waals surface area contributed by atoms with E-state index in [1.54, 1.807) is 7.11 Å². The summed E-state index contributed by atoms with van der Waals surface area (Å²) < 4.78 is 6.58. The molecule has 0 aromatic heterocycles. The van der Waals surface area contributed by atoms with E-state index >= 15 is 0 Å². The molecule has 92 valence electrons. The van der Waals surface area contributed by atoms with E-state index in [0.717, 1.165) is 26.1 Å². The summed E-state index contributed by atoms with van der Waals surface area (Å²) in [6, 6.07) is 11.1. The Morgan fingerprint density at radius 1 is 1.35 bits per heavy atom. The van der Waals surface area contributed by atoms with Crippen molar-refractivity contribution in [1.82, 2.24) is 4.90 Å². The molecule has 1 aromatic carbocycles. The first kappa shape index (κ1) is 12.8. The van der Waals surface area contributed by atoms with Crippen LogP contribution < -0.4 is 0 Å². The van der Waals surface area contributed by atoms with E-state index in [9.17, 15) is 0 Å². The minimum atomic E-state index is 0.488. The zero-order valence-corrected chi connectivity index (χ0v) is 11.7. The summed E-state index contributed by atoms with van der Waals surface area (Å²) >= 11 is 3.60. The second kappa shape index (κ2) is 6.34. The molecule has 2 rings (SSSR count). The van der Waals surface area contributed by atoms with Gasteiger partial charge in [0.1, 0.15) is 0 Å². The fourth-order valence-electron chi connectivity index (χ4n) is 2.17. The molecular formula is C14H18BrNO. The lowest BCUT2D eigenvalue weighted by Crippen LogP contribution is -2.40. The number of ether oxygens (including phenoxy) is 1. The van der Waals surface area contributed by atoms with Gasteiger partial charge in [-0.05, 0) is 12.0 Å². The van der Waals surface area contributed by atoms with Gasteiger partial charge < -0.3 is 4.74 Å². The van der Waals surface area contributed by atoms with Gasteiger partial charge >= 0.3 is 0 Å². The first-order valence-electron chi connectivity index (χ1n) is 5.91. The topological polar surface area (TPSA) is 12.5 Å². The van der Waals surface area contributed by atoms with Crippen LogP contribution >= 0.6 is 15.9 Å². The Morgan fingerprint density at radius 3 is 2.82 bits per heavy atom. The van der Waals surface area contributed by atoms with Crippen LogP contribution in [0.15, 0.2) is 40.9 Å². The molecule has 0 fully saturated rings. The summed E-state index contributed by atoms with van der Waals surface area (Å²) in [6.07, 6.45) is 3.31. The van der Waals surface area contributed by atoms with E-state index in [0.29, 0.717) is 6.04 Å². The summed E-state index contributed by atoms with van der Waals surface area (Å²) in [5.74, 6) is 0. The van der Waals surface area contributed by atoms with Gasteiger partial charge in [-0.1, -0.05) is 52.3 Å². The Bertz CT molecular complexity index is 377. The molecule has 0 radical (unpaired) electrons. The van der Waals surface area contributed by atoms with Crippen LogP contribution in [0.1, 0.15) is 12.0 Å². The van der Waals surface area contributed by atoms with Gasteiger partial charge in [-0.25, -0.2) is 0 Å². The molecule has 1 heterocycles. The van der Waals surface area contributed by atoms with Crippen LogP contribution in [0, 0.1) is 0 Å². The highest BCUT2D eigenvalue weighted by Crippen LogP contribution is 2.22. The molecule has 1 aliphatic rings. The molecule has 0 unspecified atom stereocenters. The maximum Gasteiger partial charge on any atom is 0.0621 e. The molecule has 0 saturated heterocycles. The van der Waals surface area contributed by atoms with Crippen molar-refractivity contribution in [3.63, 3.8) is 0 Å². The fourth-order valence-corrected chi connectivity index (χ4v) is 2.68. The van der Waals surface area contributed by atoms with Crippen molar-refractivity contribution in [2.45, 2.75) is 19.0 Å². The normalized spacial score (nSPS) is 21.3. The first-order valence-corrected chi connectivity index (χ1v) is 6.70. The van der Waals surface area contributed by atoms with Gasteiger partial charge in [-0.3, -0.25) is 4.90 Å². The van der Waals surface area contributed by atoms with Gasteiger partial charge in [0.2, 0.25) is 0 Å². The van der Waals surface area contributed by atoms with E-state index < -0.39 is 0 Å². The molecule has 2 nitrogen and oxygen atoms in total. The number of hydrogen-bond donors (Lipinski definition) is 0. The molecule has 3 heteroatoms. The van der Waals surface area contributed by atoms with E-state index in [1.807, 2.05) is 0 Å². The molecule has 0 saturated carbocycles. The minimum absolute atomic E-state index is 0.488. The third-order valence-electron chi connectivity index (χ3n) is 3.07. The van der Waals surface area contributed by atoms with Gasteiger partial charge in [0, 0.05) is 30.7 Å². The zero-order chi connectivity index (χ0) is 12.1. The van der Waals surface area contributed by atoms with Crippen LogP contribution in [0.2, 0.25) is 0 Å². The Labute approximate surface area is 111 Å². The number of hydrogen-bond acceptors (Lipinski definition) is 2. The summed E-state index contributed by atoms with van der Waals surface area (Å²) in [5, 5.41) is 0. The van der Waals surface area contributed by atoms with E-state index in [-0.39, 0.29) is 0 Å². The SMILES string of the molecule is COC[C@H]1CC=C(Br)CN1Cc1ccccc1. The van der Waals surface area contributed by atoms with Crippen LogP contribution in [-0.2, 0) is 11.3 Å². The van der Waals surface area contributed by atoms with Crippen molar-refractivity contribution in [2.75, 3.05) is 20.3 Å². The predicted molar refractivity (Wildman–Crippen MR) is 74.1 cm³/mol. The second-order valence-electron chi connectivity index (χ2n) is 4.39. The number of methoxy groups -OCH3 is 1. The highest BCUT2D eigenvalue weighted by molar-refractivity contribution is 9.11. The largest absolute Gasteiger partial charge is 0.383 e. The van der Waals surface area contributed by atoms with Gasteiger partial charge in [0.15, 0.2) is 0 Å². The van der Waals surface area contributed by atoms with Crippen molar-refractivity contribution < 1.29 is 4.74 Å². The lowest BCUT2D eigenvalue weighted by Gasteiger charge is -2.33. The summed E-state index contributed by atoms with van der Waals surface area (Å²) in [7, 11) is 1.77. The standard InChI is InChI=1S/C14H18BrNO/c1-17-11-14-8-7-13(15)10-16(14)9-12-5-3-2-4-6-12/h2-7,14H,8-11H2,1H3/t14-/m1/s1. The van der Waals surface area contributed by atoms with Crippen molar-refractivity contribution in [1.29, 1.82) is 0 Å². The van der Waals surface area contributed by atoms with E-state index in [2.05, 4.69) is 57.2 Å². The van der Waals surface area contributed by atoms with Crippen LogP contribution in [0.4, 0.5) is 0 Å². The van der Waals surface area contributed by atoms with Crippen LogP contribution in [0.25, 0.3) is 0 Å². The minimum Gasteiger partial charge on any atom is -0.383 e. The van der Waals surface area contributed by atoms with Crippen molar-refractivity contribution >= 4 is 15.9 Å². The Hall–Kier alpha value is -0.640. The summed E-state index contributed by atoms with van der Waals surface area (Å²) in [4.78, 5) is 2.46. The molecule has 1 atom stereocenters. The quantitative estimate of drug-likeness (QED) is 0.846. The highest BCUT2D eigenvalue weighted by atomic mass is 79.9. The molecule has 0 N–H and O–H groups in total. The third kappa shape index (κ3) is 3.66.